The van der Waals surface area contributed by atoms with Gasteiger partial charge >= 0.3 is 0 Å². The van der Waals surface area contributed by atoms with Crippen LogP contribution in [0, 0.1) is 0 Å². The van der Waals surface area contributed by atoms with Gasteiger partial charge in [0.25, 0.3) is 0 Å². The molecule has 1 rings (SSSR count). The lowest BCUT2D eigenvalue weighted by Gasteiger charge is -2.07. The van der Waals surface area contributed by atoms with E-state index >= 15 is 0 Å². The van der Waals surface area contributed by atoms with E-state index in [-0.39, 0.29) is 10.8 Å². The van der Waals surface area contributed by atoms with E-state index in [0.717, 1.165) is 13.0 Å². The molecule has 84 valence electrons. The molecule has 0 atom stereocenters. The van der Waals surface area contributed by atoms with E-state index < -0.39 is 0 Å². The Balaban J connectivity index is 2.34. The maximum atomic E-state index is 5.69. The molecule has 15 heavy (non-hydrogen) atoms. The van der Waals surface area contributed by atoms with Crippen LogP contribution in [0.5, 0.6) is 5.88 Å². The molecule has 0 aliphatic rings. The van der Waals surface area contributed by atoms with Gasteiger partial charge in [0.05, 0.1) is 6.61 Å². The Bertz CT molecular complexity index is 309. The second-order valence-electron chi connectivity index (χ2n) is 2.84. The summed E-state index contributed by atoms with van der Waals surface area (Å²) in [6.45, 7) is 3.68. The summed E-state index contributed by atoms with van der Waals surface area (Å²) in [5, 5.41) is 0.203. The first-order chi connectivity index (χ1) is 7.25. The van der Waals surface area contributed by atoms with Gasteiger partial charge in [-0.2, -0.15) is 4.98 Å². The third-order valence-corrected chi connectivity index (χ3v) is 1.91. The van der Waals surface area contributed by atoms with Gasteiger partial charge in [0, 0.05) is 6.61 Å². The van der Waals surface area contributed by atoms with Gasteiger partial charge in [-0.3, -0.25) is 0 Å². The fourth-order valence-electron chi connectivity index (χ4n) is 0.918. The lowest BCUT2D eigenvalue weighted by atomic mass is 10.5. The SMILES string of the molecule is CCCOCCOc1ncnc(Cl)c1N. The smallest absolute Gasteiger partial charge is 0.241 e. The number of aromatic nitrogens is 2. The third-order valence-electron chi connectivity index (χ3n) is 1.61. The summed E-state index contributed by atoms with van der Waals surface area (Å²) in [5.41, 5.74) is 5.86. The van der Waals surface area contributed by atoms with E-state index in [1.54, 1.807) is 0 Å². The molecule has 5 nitrogen and oxygen atoms in total. The van der Waals surface area contributed by atoms with Crippen LogP contribution in [0.1, 0.15) is 13.3 Å². The molecule has 0 spiro atoms. The van der Waals surface area contributed by atoms with Crippen LogP contribution in [0.25, 0.3) is 0 Å². The third kappa shape index (κ3) is 3.89. The van der Waals surface area contributed by atoms with Gasteiger partial charge in [0.2, 0.25) is 5.88 Å². The fourth-order valence-corrected chi connectivity index (χ4v) is 1.04. The van der Waals surface area contributed by atoms with Gasteiger partial charge in [0.1, 0.15) is 18.6 Å². The molecular formula is C9H14ClN3O2. The van der Waals surface area contributed by atoms with E-state index in [4.69, 9.17) is 26.8 Å². The summed E-state index contributed by atoms with van der Waals surface area (Å²) in [5.74, 6) is 0.301. The molecule has 0 radical (unpaired) electrons. The van der Waals surface area contributed by atoms with Crippen LogP contribution < -0.4 is 10.5 Å². The van der Waals surface area contributed by atoms with E-state index in [1.165, 1.54) is 6.33 Å². The highest BCUT2D eigenvalue weighted by Gasteiger charge is 2.06. The number of halogens is 1. The lowest BCUT2D eigenvalue weighted by molar-refractivity contribution is 0.0992. The van der Waals surface area contributed by atoms with E-state index in [0.29, 0.717) is 19.1 Å². The molecule has 0 bridgehead atoms. The molecule has 0 saturated heterocycles. The largest absolute Gasteiger partial charge is 0.474 e. The van der Waals surface area contributed by atoms with Crippen LogP contribution >= 0.6 is 11.6 Å². The van der Waals surface area contributed by atoms with Crippen molar-refractivity contribution in [3.05, 3.63) is 11.5 Å². The first-order valence-corrected chi connectivity index (χ1v) is 5.10. The summed E-state index contributed by atoms with van der Waals surface area (Å²) in [6, 6.07) is 0. The van der Waals surface area contributed by atoms with Gasteiger partial charge in [-0.05, 0) is 6.42 Å². The van der Waals surface area contributed by atoms with Crippen molar-refractivity contribution >= 4 is 17.3 Å². The Kier molecular flexibility index (Phi) is 5.14. The van der Waals surface area contributed by atoms with Crippen molar-refractivity contribution in [2.75, 3.05) is 25.6 Å². The molecular weight excluding hydrogens is 218 g/mol. The van der Waals surface area contributed by atoms with Crippen molar-refractivity contribution in [1.29, 1.82) is 0 Å². The fraction of sp³-hybridized carbons (Fsp3) is 0.556. The molecule has 2 N–H and O–H groups in total. The first-order valence-electron chi connectivity index (χ1n) is 4.72. The number of nitrogens with zero attached hydrogens (tertiary/aromatic N) is 2. The average molecular weight is 232 g/mol. The Hall–Kier alpha value is -1.07. The zero-order valence-electron chi connectivity index (χ0n) is 8.57. The molecule has 6 heteroatoms. The molecule has 1 aromatic heterocycles. The highest BCUT2D eigenvalue weighted by atomic mass is 35.5. The van der Waals surface area contributed by atoms with Crippen molar-refractivity contribution in [3.63, 3.8) is 0 Å². The number of hydrogen-bond acceptors (Lipinski definition) is 5. The standard InChI is InChI=1S/C9H14ClN3O2/c1-2-3-14-4-5-15-9-7(11)8(10)12-6-13-9/h6H,2-5,11H2,1H3. The lowest BCUT2D eigenvalue weighted by Crippen LogP contribution is -2.09. The minimum atomic E-state index is 0.203. The topological polar surface area (TPSA) is 70.3 Å². The number of nitrogen functional groups attached to an aromatic ring is 1. The summed E-state index contributed by atoms with van der Waals surface area (Å²) in [4.78, 5) is 7.57. The molecule has 1 aromatic rings. The normalized spacial score (nSPS) is 10.3. The number of rotatable bonds is 6. The van der Waals surface area contributed by atoms with Crippen molar-refractivity contribution < 1.29 is 9.47 Å². The van der Waals surface area contributed by atoms with E-state index in [1.807, 2.05) is 6.92 Å². The van der Waals surface area contributed by atoms with Gasteiger partial charge < -0.3 is 15.2 Å². The van der Waals surface area contributed by atoms with Crippen LogP contribution in [-0.4, -0.2) is 29.8 Å². The summed E-state index contributed by atoms with van der Waals surface area (Å²) in [6.07, 6.45) is 2.29. The van der Waals surface area contributed by atoms with Crippen molar-refractivity contribution in [2.24, 2.45) is 0 Å². The van der Waals surface area contributed by atoms with Gasteiger partial charge in [0.15, 0.2) is 5.15 Å². The monoisotopic (exact) mass is 231 g/mol. The predicted octanol–water partition coefficient (Wildman–Crippen LogP) is 1.52. The van der Waals surface area contributed by atoms with Crippen LogP contribution in [0.3, 0.4) is 0 Å². The maximum Gasteiger partial charge on any atom is 0.241 e. The van der Waals surface area contributed by atoms with Crippen molar-refractivity contribution in [3.8, 4) is 5.88 Å². The Morgan fingerprint density at radius 3 is 2.87 bits per heavy atom. The predicted molar refractivity (Wildman–Crippen MR) is 58.1 cm³/mol. The molecule has 0 amide bonds. The zero-order chi connectivity index (χ0) is 11.1. The van der Waals surface area contributed by atoms with Crippen molar-refractivity contribution in [2.45, 2.75) is 13.3 Å². The summed E-state index contributed by atoms with van der Waals surface area (Å²) in [7, 11) is 0. The van der Waals surface area contributed by atoms with Crippen LogP contribution in [0.15, 0.2) is 6.33 Å². The Morgan fingerprint density at radius 2 is 2.13 bits per heavy atom. The van der Waals surface area contributed by atoms with Gasteiger partial charge in [-0.25, -0.2) is 4.98 Å². The highest BCUT2D eigenvalue weighted by molar-refractivity contribution is 6.32. The first kappa shape index (κ1) is 12.0. The Morgan fingerprint density at radius 1 is 1.33 bits per heavy atom. The molecule has 0 aliphatic heterocycles. The second-order valence-corrected chi connectivity index (χ2v) is 3.20. The number of nitrogens with two attached hydrogens (primary N) is 1. The average Bonchev–Trinajstić information content (AvgIpc) is 2.24. The van der Waals surface area contributed by atoms with Crippen LogP contribution in [0.2, 0.25) is 5.15 Å². The molecule has 0 fully saturated rings. The number of ether oxygens (including phenoxy) is 2. The molecule has 0 aliphatic carbocycles. The molecule has 0 saturated carbocycles. The quantitative estimate of drug-likeness (QED) is 0.594. The number of hydrogen-bond donors (Lipinski definition) is 1. The molecule has 0 unspecified atom stereocenters. The summed E-state index contributed by atoms with van der Waals surface area (Å²) < 4.78 is 10.5. The van der Waals surface area contributed by atoms with Crippen LogP contribution in [-0.2, 0) is 4.74 Å². The number of anilines is 1. The van der Waals surface area contributed by atoms with Gasteiger partial charge in [-0.15, -0.1) is 0 Å². The van der Waals surface area contributed by atoms with E-state index in [2.05, 4.69) is 9.97 Å². The van der Waals surface area contributed by atoms with Crippen LogP contribution in [0.4, 0.5) is 5.69 Å². The Labute approximate surface area is 93.6 Å². The minimum Gasteiger partial charge on any atom is -0.474 e. The molecule has 1 heterocycles. The summed E-state index contributed by atoms with van der Waals surface area (Å²) >= 11 is 5.69. The second kappa shape index (κ2) is 6.42. The minimum absolute atomic E-state index is 0.203. The maximum absolute atomic E-state index is 5.69. The highest BCUT2D eigenvalue weighted by Crippen LogP contribution is 2.23. The van der Waals surface area contributed by atoms with E-state index in [9.17, 15) is 0 Å². The van der Waals surface area contributed by atoms with Crippen molar-refractivity contribution in [1.82, 2.24) is 9.97 Å². The zero-order valence-corrected chi connectivity index (χ0v) is 9.33. The van der Waals surface area contributed by atoms with Gasteiger partial charge in [-0.1, -0.05) is 18.5 Å². The molecule has 0 aromatic carbocycles.